The van der Waals surface area contributed by atoms with Crippen LogP contribution in [-0.4, -0.2) is 23.0 Å². The minimum absolute atomic E-state index is 0.216. The van der Waals surface area contributed by atoms with Crippen molar-refractivity contribution >= 4 is 33.4 Å². The molecule has 5 nitrogen and oxygen atoms in total. The number of fused-ring (bicyclic) bond motifs is 2. The number of carbonyl (C=O) groups is 1. The normalized spacial score (nSPS) is 10.9. The monoisotopic (exact) mass is 317 g/mol. The summed E-state index contributed by atoms with van der Waals surface area (Å²) in [7, 11) is 1.60. The molecule has 0 atom stereocenters. The number of para-hydroxylation sites is 1. The van der Waals surface area contributed by atoms with Crippen molar-refractivity contribution in [2.75, 3.05) is 12.4 Å². The van der Waals surface area contributed by atoms with Crippen LogP contribution in [0.15, 0.2) is 60.8 Å². The summed E-state index contributed by atoms with van der Waals surface area (Å²) in [5.41, 5.74) is 2.77. The van der Waals surface area contributed by atoms with Gasteiger partial charge >= 0.3 is 0 Å². The summed E-state index contributed by atoms with van der Waals surface area (Å²) in [6.45, 7) is 0. The van der Waals surface area contributed by atoms with Crippen molar-refractivity contribution in [3.8, 4) is 5.75 Å². The van der Waals surface area contributed by atoms with Crippen LogP contribution in [-0.2, 0) is 0 Å². The van der Waals surface area contributed by atoms with Crippen LogP contribution in [0.2, 0.25) is 0 Å². The molecule has 0 aliphatic carbocycles. The number of anilines is 1. The van der Waals surface area contributed by atoms with Crippen LogP contribution in [0.25, 0.3) is 21.8 Å². The number of hydrogen-bond donors (Lipinski definition) is 2. The van der Waals surface area contributed by atoms with Crippen LogP contribution >= 0.6 is 0 Å². The van der Waals surface area contributed by atoms with Gasteiger partial charge in [-0.1, -0.05) is 24.3 Å². The summed E-state index contributed by atoms with van der Waals surface area (Å²) in [6, 6.07) is 17.1. The zero-order chi connectivity index (χ0) is 16.5. The Balaban J connectivity index is 1.74. The van der Waals surface area contributed by atoms with Gasteiger partial charge in [-0.25, -0.2) is 0 Å². The third kappa shape index (κ3) is 2.46. The number of carbonyl (C=O) groups excluding carboxylic acids is 1. The Morgan fingerprint density at radius 1 is 1.08 bits per heavy atom. The molecule has 0 saturated heterocycles. The van der Waals surface area contributed by atoms with Gasteiger partial charge in [0.25, 0.3) is 5.91 Å². The fraction of sp³-hybridized carbons (Fsp3) is 0.0526. The van der Waals surface area contributed by atoms with Crippen LogP contribution in [0.5, 0.6) is 5.75 Å². The molecule has 118 valence electrons. The van der Waals surface area contributed by atoms with E-state index in [1.165, 1.54) is 0 Å². The molecule has 0 fully saturated rings. The Morgan fingerprint density at radius 3 is 2.75 bits per heavy atom. The molecule has 2 heterocycles. The molecule has 0 aliphatic heterocycles. The van der Waals surface area contributed by atoms with E-state index in [1.54, 1.807) is 19.4 Å². The van der Waals surface area contributed by atoms with Gasteiger partial charge < -0.3 is 15.0 Å². The highest BCUT2D eigenvalue weighted by atomic mass is 16.5. The number of aromatic amines is 1. The predicted molar refractivity (Wildman–Crippen MR) is 94.5 cm³/mol. The lowest BCUT2D eigenvalue weighted by atomic mass is 10.1. The summed E-state index contributed by atoms with van der Waals surface area (Å²) in [6.07, 6.45) is 1.70. The Hall–Kier alpha value is -3.34. The van der Waals surface area contributed by atoms with Crippen molar-refractivity contribution < 1.29 is 9.53 Å². The van der Waals surface area contributed by atoms with Gasteiger partial charge in [0.1, 0.15) is 11.4 Å². The summed E-state index contributed by atoms with van der Waals surface area (Å²) >= 11 is 0. The van der Waals surface area contributed by atoms with Crippen LogP contribution in [0.4, 0.5) is 5.69 Å². The van der Waals surface area contributed by atoms with E-state index >= 15 is 0 Å². The molecule has 2 aromatic carbocycles. The van der Waals surface area contributed by atoms with Gasteiger partial charge in [-0.3, -0.25) is 9.78 Å². The maximum atomic E-state index is 12.6. The van der Waals surface area contributed by atoms with E-state index in [0.717, 1.165) is 21.8 Å². The van der Waals surface area contributed by atoms with Crippen LogP contribution in [0.3, 0.4) is 0 Å². The molecule has 2 N–H and O–H groups in total. The standard InChI is InChI=1S/C19H15N3O2/c1-24-14-9-13-6-4-8-20-18(13)16(11-14)22-19(23)17-10-12-5-2-3-7-15(12)21-17/h2-11,21H,1H3,(H,22,23). The summed E-state index contributed by atoms with van der Waals surface area (Å²) < 4.78 is 5.31. The zero-order valence-electron chi connectivity index (χ0n) is 13.0. The minimum Gasteiger partial charge on any atom is -0.497 e. The van der Waals surface area contributed by atoms with E-state index in [0.29, 0.717) is 17.1 Å². The molecule has 0 bridgehead atoms. The molecule has 0 saturated carbocycles. The maximum absolute atomic E-state index is 12.6. The molecular formula is C19H15N3O2. The van der Waals surface area contributed by atoms with Crippen molar-refractivity contribution in [2.45, 2.75) is 0 Å². The van der Waals surface area contributed by atoms with Gasteiger partial charge in [-0.15, -0.1) is 0 Å². The first-order valence-corrected chi connectivity index (χ1v) is 7.56. The van der Waals surface area contributed by atoms with E-state index in [9.17, 15) is 4.79 Å². The lowest BCUT2D eigenvalue weighted by molar-refractivity contribution is 0.102. The summed E-state index contributed by atoms with van der Waals surface area (Å²) in [4.78, 5) is 20.1. The average molecular weight is 317 g/mol. The molecule has 0 unspecified atom stereocenters. The topological polar surface area (TPSA) is 67.0 Å². The van der Waals surface area contributed by atoms with E-state index in [2.05, 4.69) is 15.3 Å². The Labute approximate surface area is 138 Å². The van der Waals surface area contributed by atoms with E-state index in [-0.39, 0.29) is 5.91 Å². The summed E-state index contributed by atoms with van der Waals surface area (Å²) in [5, 5.41) is 4.83. The molecular weight excluding hydrogens is 302 g/mol. The third-order valence-electron chi connectivity index (χ3n) is 3.94. The molecule has 0 aliphatic rings. The average Bonchev–Trinajstić information content (AvgIpc) is 3.06. The number of pyridine rings is 1. The van der Waals surface area contributed by atoms with Gasteiger partial charge in [0, 0.05) is 28.6 Å². The number of nitrogens with zero attached hydrogens (tertiary/aromatic N) is 1. The first-order valence-electron chi connectivity index (χ1n) is 7.56. The zero-order valence-corrected chi connectivity index (χ0v) is 13.0. The Bertz CT molecular complexity index is 1020. The van der Waals surface area contributed by atoms with Crippen molar-refractivity contribution in [3.63, 3.8) is 0 Å². The lowest BCUT2D eigenvalue weighted by Gasteiger charge is -2.10. The number of ether oxygens (including phenoxy) is 1. The maximum Gasteiger partial charge on any atom is 0.272 e. The third-order valence-corrected chi connectivity index (χ3v) is 3.94. The van der Waals surface area contributed by atoms with Crippen LogP contribution in [0.1, 0.15) is 10.5 Å². The van der Waals surface area contributed by atoms with Gasteiger partial charge in [-0.05, 0) is 24.3 Å². The highest BCUT2D eigenvalue weighted by molar-refractivity contribution is 6.09. The summed E-state index contributed by atoms with van der Waals surface area (Å²) in [5.74, 6) is 0.453. The number of aromatic nitrogens is 2. The smallest absolute Gasteiger partial charge is 0.272 e. The minimum atomic E-state index is -0.216. The molecule has 0 spiro atoms. The molecule has 2 aromatic heterocycles. The van der Waals surface area contributed by atoms with Gasteiger partial charge in [0.15, 0.2) is 0 Å². The number of benzene rings is 2. The van der Waals surface area contributed by atoms with Crippen LogP contribution in [0, 0.1) is 0 Å². The number of rotatable bonds is 3. The van der Waals surface area contributed by atoms with E-state index in [4.69, 9.17) is 4.74 Å². The second kappa shape index (κ2) is 5.70. The van der Waals surface area contributed by atoms with Gasteiger partial charge in [0.05, 0.1) is 18.3 Å². The molecule has 0 radical (unpaired) electrons. The predicted octanol–water partition coefficient (Wildman–Crippen LogP) is 3.98. The fourth-order valence-electron chi connectivity index (χ4n) is 2.76. The Kier molecular flexibility index (Phi) is 3.39. The Morgan fingerprint density at radius 2 is 1.92 bits per heavy atom. The number of H-pyrrole nitrogens is 1. The number of methoxy groups -OCH3 is 1. The molecule has 24 heavy (non-hydrogen) atoms. The van der Waals surface area contributed by atoms with Crippen molar-refractivity contribution in [1.29, 1.82) is 0 Å². The van der Waals surface area contributed by atoms with Gasteiger partial charge in [-0.2, -0.15) is 0 Å². The van der Waals surface area contributed by atoms with Crippen molar-refractivity contribution in [2.24, 2.45) is 0 Å². The van der Waals surface area contributed by atoms with E-state index < -0.39 is 0 Å². The first-order chi connectivity index (χ1) is 11.7. The second-order valence-corrected chi connectivity index (χ2v) is 5.47. The second-order valence-electron chi connectivity index (χ2n) is 5.47. The molecule has 5 heteroatoms. The molecule has 4 rings (SSSR count). The highest BCUT2D eigenvalue weighted by Gasteiger charge is 2.13. The fourth-order valence-corrected chi connectivity index (χ4v) is 2.76. The number of nitrogens with one attached hydrogen (secondary N) is 2. The first kappa shape index (κ1) is 14.3. The molecule has 4 aromatic rings. The number of hydrogen-bond acceptors (Lipinski definition) is 3. The molecule has 1 amide bonds. The van der Waals surface area contributed by atoms with Crippen molar-refractivity contribution in [3.05, 3.63) is 66.5 Å². The van der Waals surface area contributed by atoms with E-state index in [1.807, 2.05) is 48.5 Å². The number of amides is 1. The van der Waals surface area contributed by atoms with Crippen molar-refractivity contribution in [1.82, 2.24) is 9.97 Å². The van der Waals surface area contributed by atoms with Gasteiger partial charge in [0.2, 0.25) is 0 Å². The highest BCUT2D eigenvalue weighted by Crippen LogP contribution is 2.28. The van der Waals surface area contributed by atoms with Crippen LogP contribution < -0.4 is 10.1 Å². The largest absolute Gasteiger partial charge is 0.497 e. The quantitative estimate of drug-likeness (QED) is 0.600. The SMILES string of the molecule is COc1cc(NC(=O)c2cc3ccccc3[nH]2)c2ncccc2c1. The lowest BCUT2D eigenvalue weighted by Crippen LogP contribution is -2.12.